The first kappa shape index (κ1) is 20.5. The number of sulfonamides is 1. The van der Waals surface area contributed by atoms with Gasteiger partial charge in [-0.1, -0.05) is 11.3 Å². The average molecular weight is 407 g/mol. The van der Waals surface area contributed by atoms with Crippen LogP contribution in [0.15, 0.2) is 52.0 Å². The van der Waals surface area contributed by atoms with Crippen molar-refractivity contribution in [2.24, 2.45) is 0 Å². The van der Waals surface area contributed by atoms with Crippen molar-refractivity contribution in [1.82, 2.24) is 15.1 Å². The number of hydrogen-bond acceptors (Lipinski definition) is 6. The zero-order valence-corrected chi connectivity index (χ0v) is 16.6. The summed E-state index contributed by atoms with van der Waals surface area (Å²) in [6.45, 7) is 2.36. The monoisotopic (exact) mass is 407 g/mol. The van der Waals surface area contributed by atoms with Crippen molar-refractivity contribution in [3.8, 4) is 0 Å². The molecule has 1 atom stereocenters. The van der Waals surface area contributed by atoms with Gasteiger partial charge in [0.25, 0.3) is 15.9 Å². The quantitative estimate of drug-likeness (QED) is 0.650. The number of amides is 1. The highest BCUT2D eigenvalue weighted by Gasteiger charge is 2.25. The molecular formula is C19H25N3O5S. The molecule has 2 aromatic rings. The molecule has 2 heterocycles. The van der Waals surface area contributed by atoms with Crippen molar-refractivity contribution in [2.45, 2.75) is 30.2 Å². The first-order valence-corrected chi connectivity index (χ1v) is 10.7. The van der Waals surface area contributed by atoms with Crippen LogP contribution in [0.4, 0.5) is 0 Å². The lowest BCUT2D eigenvalue weighted by Gasteiger charge is -2.33. The van der Waals surface area contributed by atoms with Gasteiger partial charge in [-0.25, -0.2) is 8.42 Å². The summed E-state index contributed by atoms with van der Waals surface area (Å²) in [5.74, 6) is 0.562. The molecule has 1 amide bonds. The Morgan fingerprint density at radius 3 is 2.50 bits per heavy atom. The van der Waals surface area contributed by atoms with E-state index in [4.69, 9.17) is 4.42 Å². The van der Waals surface area contributed by atoms with Crippen LogP contribution in [0.1, 0.15) is 41.4 Å². The number of nitrogens with zero attached hydrogens (tertiary/aromatic N) is 1. The van der Waals surface area contributed by atoms with Crippen LogP contribution in [0, 0.1) is 0 Å². The topological polar surface area (TPSA) is 101 Å². The normalized spacial score (nSPS) is 16.6. The van der Waals surface area contributed by atoms with E-state index < -0.39 is 10.0 Å². The Labute approximate surface area is 164 Å². The maximum atomic E-state index is 12.5. The number of carbonyl (C=O) groups is 1. The highest BCUT2D eigenvalue weighted by atomic mass is 32.2. The minimum Gasteiger partial charge on any atom is -0.468 e. The second-order valence-electron chi connectivity index (χ2n) is 6.65. The highest BCUT2D eigenvalue weighted by molar-refractivity contribution is 7.89. The molecule has 1 fully saturated rings. The molecule has 1 aromatic heterocycles. The molecule has 1 aromatic carbocycles. The fraction of sp³-hybridized carbons (Fsp3) is 0.421. The van der Waals surface area contributed by atoms with E-state index in [9.17, 15) is 13.2 Å². The fourth-order valence-electron chi connectivity index (χ4n) is 3.36. The van der Waals surface area contributed by atoms with Crippen molar-refractivity contribution in [2.75, 3.05) is 26.7 Å². The Hall–Kier alpha value is -2.20. The fourth-order valence-corrected chi connectivity index (χ4v) is 4.17. The van der Waals surface area contributed by atoms with Gasteiger partial charge in [-0.2, -0.15) is 0 Å². The summed E-state index contributed by atoms with van der Waals surface area (Å²) in [6.07, 6.45) is 5.13. The van der Waals surface area contributed by atoms with E-state index in [0.29, 0.717) is 12.1 Å². The number of nitrogens with one attached hydrogen (secondary N) is 2. The Bertz CT molecular complexity index is 859. The molecule has 1 unspecified atom stereocenters. The summed E-state index contributed by atoms with van der Waals surface area (Å²) in [6, 6.07) is 9.43. The smallest absolute Gasteiger partial charge is 0.262 e. The minimum absolute atomic E-state index is 0.0210. The zero-order chi connectivity index (χ0) is 20.0. The molecule has 0 bridgehead atoms. The predicted octanol–water partition coefficient (Wildman–Crippen LogP) is 2.08. The molecule has 8 nitrogen and oxygen atoms in total. The Kier molecular flexibility index (Phi) is 6.84. The standard InChI is InChI=1S/C19H25N3O5S/c1-26-21-28(24,25)16-9-7-15(8-10-16)19(23)20-14-17(18-6-5-13-27-18)22-11-3-2-4-12-22/h5-10,13,17,21H,2-4,11-12,14H2,1H3,(H,20,23). The molecule has 1 saturated heterocycles. The number of carbonyl (C=O) groups excluding carboxylic acids is 1. The van der Waals surface area contributed by atoms with Crippen LogP contribution < -0.4 is 10.2 Å². The summed E-state index contributed by atoms with van der Waals surface area (Å²) in [5, 5.41) is 2.94. The summed E-state index contributed by atoms with van der Waals surface area (Å²) in [5.41, 5.74) is 0.383. The van der Waals surface area contributed by atoms with E-state index in [-0.39, 0.29) is 16.8 Å². The molecular weight excluding hydrogens is 382 g/mol. The van der Waals surface area contributed by atoms with Crippen LogP contribution in [0.3, 0.4) is 0 Å². The Balaban J connectivity index is 1.66. The molecule has 3 rings (SSSR count). The van der Waals surface area contributed by atoms with Gasteiger partial charge in [-0.3, -0.25) is 14.5 Å². The van der Waals surface area contributed by atoms with Crippen molar-refractivity contribution in [3.05, 3.63) is 54.0 Å². The molecule has 1 aliphatic rings. The van der Waals surface area contributed by atoms with Crippen LogP contribution in [-0.2, 0) is 14.9 Å². The number of hydrogen-bond donors (Lipinski definition) is 2. The van der Waals surface area contributed by atoms with Crippen molar-refractivity contribution >= 4 is 15.9 Å². The van der Waals surface area contributed by atoms with E-state index in [2.05, 4.69) is 15.1 Å². The maximum absolute atomic E-state index is 12.5. The van der Waals surface area contributed by atoms with Gasteiger partial charge in [0.15, 0.2) is 0 Å². The van der Waals surface area contributed by atoms with Crippen molar-refractivity contribution in [1.29, 1.82) is 0 Å². The minimum atomic E-state index is -3.75. The molecule has 0 saturated carbocycles. The molecule has 2 N–H and O–H groups in total. The molecule has 152 valence electrons. The maximum Gasteiger partial charge on any atom is 0.262 e. The van der Waals surface area contributed by atoms with Gasteiger partial charge in [0.2, 0.25) is 0 Å². The third kappa shape index (κ3) is 4.99. The Morgan fingerprint density at radius 1 is 1.18 bits per heavy atom. The summed E-state index contributed by atoms with van der Waals surface area (Å²) in [4.78, 5) is 21.3. The SMILES string of the molecule is CONS(=O)(=O)c1ccc(C(=O)NCC(c2ccco2)N2CCCCC2)cc1. The van der Waals surface area contributed by atoms with Gasteiger partial charge in [-0.15, -0.1) is 0 Å². The number of piperidine rings is 1. The summed E-state index contributed by atoms with van der Waals surface area (Å²) < 4.78 is 29.3. The first-order valence-electron chi connectivity index (χ1n) is 9.22. The number of likely N-dealkylation sites (tertiary alicyclic amines) is 1. The predicted molar refractivity (Wildman–Crippen MR) is 103 cm³/mol. The van der Waals surface area contributed by atoms with E-state index >= 15 is 0 Å². The lowest BCUT2D eigenvalue weighted by molar-refractivity contribution is 0.0914. The van der Waals surface area contributed by atoms with E-state index in [1.165, 1.54) is 37.8 Å². The largest absolute Gasteiger partial charge is 0.468 e. The molecule has 0 aliphatic carbocycles. The Morgan fingerprint density at radius 2 is 1.89 bits per heavy atom. The highest BCUT2D eigenvalue weighted by Crippen LogP contribution is 2.24. The van der Waals surface area contributed by atoms with E-state index in [0.717, 1.165) is 31.7 Å². The third-order valence-corrected chi connectivity index (χ3v) is 6.06. The number of rotatable bonds is 8. The van der Waals surface area contributed by atoms with Crippen LogP contribution in [0.5, 0.6) is 0 Å². The van der Waals surface area contributed by atoms with E-state index in [1.54, 1.807) is 6.26 Å². The first-order chi connectivity index (χ1) is 13.5. The molecule has 28 heavy (non-hydrogen) atoms. The van der Waals surface area contributed by atoms with Gasteiger partial charge in [-0.05, 0) is 62.3 Å². The van der Waals surface area contributed by atoms with Crippen LogP contribution in [-0.4, -0.2) is 46.0 Å². The average Bonchev–Trinajstić information content (AvgIpc) is 3.23. The van der Waals surface area contributed by atoms with Gasteiger partial charge < -0.3 is 9.73 Å². The second kappa shape index (κ2) is 9.33. The lowest BCUT2D eigenvalue weighted by Crippen LogP contribution is -2.40. The van der Waals surface area contributed by atoms with Crippen LogP contribution in [0.2, 0.25) is 0 Å². The van der Waals surface area contributed by atoms with Gasteiger partial charge >= 0.3 is 0 Å². The summed E-state index contributed by atoms with van der Waals surface area (Å²) >= 11 is 0. The van der Waals surface area contributed by atoms with Crippen LogP contribution >= 0.6 is 0 Å². The molecule has 1 aliphatic heterocycles. The molecule has 0 spiro atoms. The van der Waals surface area contributed by atoms with Gasteiger partial charge in [0, 0.05) is 12.1 Å². The number of benzene rings is 1. The van der Waals surface area contributed by atoms with Gasteiger partial charge in [0.1, 0.15) is 5.76 Å². The van der Waals surface area contributed by atoms with Gasteiger partial charge in [0.05, 0.1) is 24.3 Å². The lowest BCUT2D eigenvalue weighted by atomic mass is 10.1. The third-order valence-electron chi connectivity index (χ3n) is 4.78. The van der Waals surface area contributed by atoms with Crippen molar-refractivity contribution < 1.29 is 22.5 Å². The van der Waals surface area contributed by atoms with Crippen molar-refractivity contribution in [3.63, 3.8) is 0 Å². The van der Waals surface area contributed by atoms with E-state index in [1.807, 2.05) is 17.0 Å². The molecule has 0 radical (unpaired) electrons. The van der Waals surface area contributed by atoms with Crippen LogP contribution in [0.25, 0.3) is 0 Å². The summed E-state index contributed by atoms with van der Waals surface area (Å²) in [7, 11) is -2.53. The number of furan rings is 1. The molecule has 9 heteroatoms. The second-order valence-corrected chi connectivity index (χ2v) is 8.30. The zero-order valence-electron chi connectivity index (χ0n) is 15.8.